The van der Waals surface area contributed by atoms with Crippen molar-refractivity contribution in [2.75, 3.05) is 18.4 Å². The number of amides is 1. The number of nitrogens with zero attached hydrogens (tertiary/aromatic N) is 4. The second-order valence-corrected chi connectivity index (χ2v) is 6.43. The number of benzene rings is 1. The second-order valence-electron chi connectivity index (χ2n) is 6.43. The van der Waals surface area contributed by atoms with Gasteiger partial charge in [0.05, 0.1) is 30.2 Å². The molecule has 0 aliphatic carbocycles. The number of hydrogen-bond acceptors (Lipinski definition) is 4. The third kappa shape index (κ3) is 3.86. The molecule has 1 amide bonds. The zero-order chi connectivity index (χ0) is 18.1. The summed E-state index contributed by atoms with van der Waals surface area (Å²) in [5.74, 6) is -0.580. The van der Waals surface area contributed by atoms with Crippen molar-refractivity contribution in [3.8, 4) is 5.69 Å². The van der Waals surface area contributed by atoms with Crippen molar-refractivity contribution in [2.45, 2.75) is 5.92 Å². The number of carbonyl (C=O) groups is 1. The Hall–Kier alpha value is -2.71. The van der Waals surface area contributed by atoms with Crippen LogP contribution in [0.4, 0.5) is 10.1 Å². The summed E-state index contributed by atoms with van der Waals surface area (Å²) in [6, 6.07) is 6.36. The van der Waals surface area contributed by atoms with Gasteiger partial charge in [0, 0.05) is 32.3 Å². The molecule has 0 unspecified atom stereocenters. The van der Waals surface area contributed by atoms with Crippen molar-refractivity contribution in [3.63, 3.8) is 0 Å². The first kappa shape index (κ1) is 19.1. The second kappa shape index (κ2) is 7.89. The van der Waals surface area contributed by atoms with Crippen molar-refractivity contribution < 1.29 is 9.18 Å². The summed E-state index contributed by atoms with van der Waals surface area (Å²) in [6.45, 7) is 1.34. The smallest absolute Gasteiger partial charge is 0.229 e. The molecular formula is C18H20ClFN6O. The molecule has 1 aliphatic rings. The maximum absolute atomic E-state index is 13.9. The number of halogens is 2. The minimum Gasteiger partial charge on any atom is -0.323 e. The maximum atomic E-state index is 13.9. The van der Waals surface area contributed by atoms with Gasteiger partial charge in [0.2, 0.25) is 5.91 Å². The van der Waals surface area contributed by atoms with Crippen LogP contribution in [-0.2, 0) is 11.8 Å². The van der Waals surface area contributed by atoms with Gasteiger partial charge in [0.15, 0.2) is 0 Å². The van der Waals surface area contributed by atoms with Crippen LogP contribution in [0, 0.1) is 11.7 Å². The van der Waals surface area contributed by atoms with Crippen molar-refractivity contribution in [1.82, 2.24) is 24.9 Å². The average Bonchev–Trinajstić information content (AvgIpc) is 3.35. The first-order chi connectivity index (χ1) is 12.6. The van der Waals surface area contributed by atoms with Gasteiger partial charge in [0.25, 0.3) is 0 Å². The monoisotopic (exact) mass is 390 g/mol. The molecule has 2 aromatic heterocycles. The average molecular weight is 391 g/mol. The van der Waals surface area contributed by atoms with E-state index in [0.29, 0.717) is 17.9 Å². The molecule has 1 saturated heterocycles. The minimum absolute atomic E-state index is 0. The van der Waals surface area contributed by atoms with E-state index in [1.54, 1.807) is 35.3 Å². The molecule has 3 heterocycles. The Morgan fingerprint density at radius 3 is 2.78 bits per heavy atom. The fraction of sp³-hybridized carbons (Fsp3) is 0.278. The zero-order valence-electron chi connectivity index (χ0n) is 14.7. The molecule has 1 aromatic carbocycles. The van der Waals surface area contributed by atoms with E-state index in [1.165, 1.54) is 16.9 Å². The Morgan fingerprint density at radius 2 is 2.04 bits per heavy atom. The van der Waals surface area contributed by atoms with Crippen LogP contribution in [0.3, 0.4) is 0 Å². The molecular weight excluding hydrogens is 371 g/mol. The van der Waals surface area contributed by atoms with E-state index < -0.39 is 0 Å². The van der Waals surface area contributed by atoms with E-state index in [9.17, 15) is 9.18 Å². The Labute approximate surface area is 162 Å². The number of carbonyl (C=O) groups excluding carboxylic acids is 1. The third-order valence-electron chi connectivity index (χ3n) is 4.65. The molecule has 142 valence electrons. The minimum atomic E-state index is -0.370. The molecule has 27 heavy (non-hydrogen) atoms. The fourth-order valence-electron chi connectivity index (χ4n) is 3.33. The Morgan fingerprint density at radius 1 is 1.22 bits per heavy atom. The molecule has 2 N–H and O–H groups in total. The van der Waals surface area contributed by atoms with Crippen LogP contribution < -0.4 is 10.6 Å². The van der Waals surface area contributed by atoms with Gasteiger partial charge in [-0.15, -0.1) is 12.4 Å². The zero-order valence-corrected chi connectivity index (χ0v) is 15.5. The molecule has 4 rings (SSSR count). The molecule has 2 atom stereocenters. The molecule has 7 nitrogen and oxygen atoms in total. The van der Waals surface area contributed by atoms with Gasteiger partial charge in [-0.3, -0.25) is 9.48 Å². The standard InChI is InChI=1S/C18H19FN6O.ClH/c1-24-10-12(6-21-24)14-8-20-9-15(14)18(26)23-13-7-22-25(11-13)17-5-3-2-4-16(17)19;/h2-7,10-11,14-15,20H,8-9H2,1H3,(H,23,26);1H/t14-,15+;/m1./s1. The first-order valence-electron chi connectivity index (χ1n) is 8.41. The molecule has 9 heteroatoms. The lowest BCUT2D eigenvalue weighted by Crippen LogP contribution is -2.27. The highest BCUT2D eigenvalue weighted by atomic mass is 35.5. The first-order valence-corrected chi connectivity index (χ1v) is 8.41. The number of hydrogen-bond donors (Lipinski definition) is 2. The Balaban J connectivity index is 0.00000210. The van der Waals surface area contributed by atoms with Crippen LogP contribution in [0.25, 0.3) is 5.69 Å². The number of para-hydroxylation sites is 1. The number of aryl methyl sites for hydroxylation is 1. The Kier molecular flexibility index (Phi) is 5.57. The summed E-state index contributed by atoms with van der Waals surface area (Å²) in [5.41, 5.74) is 1.92. The predicted molar refractivity (Wildman–Crippen MR) is 102 cm³/mol. The molecule has 0 radical (unpaired) electrons. The predicted octanol–water partition coefficient (Wildman–Crippen LogP) is 2.11. The SMILES string of the molecule is Cl.Cn1cc([C@H]2CNC[C@@H]2C(=O)Nc2cnn(-c3ccccc3F)c2)cn1. The van der Waals surface area contributed by atoms with E-state index in [2.05, 4.69) is 20.8 Å². The quantitative estimate of drug-likeness (QED) is 0.715. The van der Waals surface area contributed by atoms with E-state index in [-0.39, 0.29) is 36.0 Å². The van der Waals surface area contributed by atoms with Crippen molar-refractivity contribution in [1.29, 1.82) is 0 Å². The van der Waals surface area contributed by atoms with Gasteiger partial charge in [-0.2, -0.15) is 10.2 Å². The summed E-state index contributed by atoms with van der Waals surface area (Å²) in [4.78, 5) is 12.7. The van der Waals surface area contributed by atoms with E-state index >= 15 is 0 Å². The van der Waals surface area contributed by atoms with Gasteiger partial charge in [0.1, 0.15) is 11.5 Å². The molecule has 0 bridgehead atoms. The maximum Gasteiger partial charge on any atom is 0.229 e. The van der Waals surface area contributed by atoms with E-state index in [1.807, 2.05) is 13.2 Å². The molecule has 1 aliphatic heterocycles. The summed E-state index contributed by atoms with van der Waals surface area (Å²) in [5, 5.41) is 14.5. The van der Waals surface area contributed by atoms with Crippen LogP contribution in [0.2, 0.25) is 0 Å². The highest BCUT2D eigenvalue weighted by molar-refractivity contribution is 5.93. The topological polar surface area (TPSA) is 76.8 Å². The van der Waals surface area contributed by atoms with Crippen molar-refractivity contribution in [3.05, 3.63) is 60.4 Å². The van der Waals surface area contributed by atoms with Crippen LogP contribution in [0.5, 0.6) is 0 Å². The van der Waals surface area contributed by atoms with Gasteiger partial charge < -0.3 is 10.6 Å². The van der Waals surface area contributed by atoms with Crippen LogP contribution in [0.15, 0.2) is 49.1 Å². The summed E-state index contributed by atoms with van der Waals surface area (Å²) in [6.07, 6.45) is 6.87. The number of rotatable bonds is 4. The van der Waals surface area contributed by atoms with Crippen LogP contribution in [-0.4, -0.2) is 38.6 Å². The summed E-state index contributed by atoms with van der Waals surface area (Å²) >= 11 is 0. The lowest BCUT2D eigenvalue weighted by molar-refractivity contribution is -0.119. The van der Waals surface area contributed by atoms with Gasteiger partial charge in [-0.25, -0.2) is 9.07 Å². The lowest BCUT2D eigenvalue weighted by atomic mass is 9.90. The normalized spacial score (nSPS) is 18.9. The highest BCUT2D eigenvalue weighted by Crippen LogP contribution is 2.29. The molecule has 0 spiro atoms. The largest absolute Gasteiger partial charge is 0.323 e. The number of nitrogens with one attached hydrogen (secondary N) is 2. The van der Waals surface area contributed by atoms with E-state index in [0.717, 1.165) is 12.1 Å². The third-order valence-corrected chi connectivity index (χ3v) is 4.65. The van der Waals surface area contributed by atoms with Gasteiger partial charge >= 0.3 is 0 Å². The van der Waals surface area contributed by atoms with Crippen LogP contribution >= 0.6 is 12.4 Å². The van der Waals surface area contributed by atoms with E-state index in [4.69, 9.17) is 0 Å². The van der Waals surface area contributed by atoms with Gasteiger partial charge in [-0.1, -0.05) is 12.1 Å². The summed E-state index contributed by atoms with van der Waals surface area (Å²) < 4.78 is 17.0. The fourth-order valence-corrected chi connectivity index (χ4v) is 3.33. The molecule has 1 fully saturated rings. The summed E-state index contributed by atoms with van der Waals surface area (Å²) in [7, 11) is 1.86. The van der Waals surface area contributed by atoms with Crippen LogP contribution in [0.1, 0.15) is 11.5 Å². The lowest BCUT2D eigenvalue weighted by Gasteiger charge is -2.16. The highest BCUT2D eigenvalue weighted by Gasteiger charge is 2.34. The number of anilines is 1. The van der Waals surface area contributed by atoms with Gasteiger partial charge in [-0.05, 0) is 17.7 Å². The molecule has 0 saturated carbocycles. The van der Waals surface area contributed by atoms with Crippen molar-refractivity contribution >= 4 is 24.0 Å². The molecule has 3 aromatic rings. The number of aromatic nitrogens is 4. The Bertz CT molecular complexity index is 939. The van der Waals surface area contributed by atoms with Crippen molar-refractivity contribution in [2.24, 2.45) is 13.0 Å².